The summed E-state index contributed by atoms with van der Waals surface area (Å²) in [4.78, 5) is 24.3. The second-order valence-corrected chi connectivity index (χ2v) is 5.59. The van der Waals surface area contributed by atoms with Crippen LogP contribution < -0.4 is 10.6 Å². The normalized spacial score (nSPS) is 19.5. The van der Waals surface area contributed by atoms with Crippen molar-refractivity contribution in [3.63, 3.8) is 0 Å². The highest BCUT2D eigenvalue weighted by atomic mass is 16.5. The molecule has 0 spiro atoms. The molecule has 0 bridgehead atoms. The van der Waals surface area contributed by atoms with Crippen molar-refractivity contribution >= 4 is 24.4 Å². The molecule has 2 fully saturated rings. The molecule has 2 heterocycles. The lowest BCUT2D eigenvalue weighted by atomic mass is 10.1. The third-order valence-corrected chi connectivity index (χ3v) is 3.68. The molecule has 24 heavy (non-hydrogen) atoms. The van der Waals surface area contributed by atoms with Crippen LogP contribution in [0.25, 0.3) is 0 Å². The van der Waals surface area contributed by atoms with E-state index in [1.54, 1.807) is 0 Å². The van der Waals surface area contributed by atoms with E-state index in [1.807, 2.05) is 0 Å². The zero-order valence-electron chi connectivity index (χ0n) is 14.3. The third kappa shape index (κ3) is 6.63. The van der Waals surface area contributed by atoms with Crippen LogP contribution in [0.2, 0.25) is 0 Å². The molecule has 2 aliphatic rings. The van der Waals surface area contributed by atoms with Crippen molar-refractivity contribution in [1.29, 1.82) is 0 Å². The zero-order valence-corrected chi connectivity index (χ0v) is 14.3. The van der Waals surface area contributed by atoms with Crippen molar-refractivity contribution in [3.05, 3.63) is 0 Å². The molecule has 2 aliphatic heterocycles. The summed E-state index contributed by atoms with van der Waals surface area (Å²) in [5.41, 5.74) is 0. The second-order valence-electron chi connectivity index (χ2n) is 5.59. The van der Waals surface area contributed by atoms with Crippen molar-refractivity contribution in [2.75, 3.05) is 33.3 Å². The van der Waals surface area contributed by atoms with Crippen LogP contribution in [-0.4, -0.2) is 79.9 Å². The molecule has 3 N–H and O–H groups in total. The Bertz CT molecular complexity index is 455. The van der Waals surface area contributed by atoms with Crippen LogP contribution in [0.15, 0.2) is 10.2 Å². The maximum absolute atomic E-state index is 11.8. The van der Waals surface area contributed by atoms with Crippen LogP contribution in [0.4, 0.5) is 0 Å². The number of nitrogens with one attached hydrogen (secondary N) is 2. The van der Waals surface area contributed by atoms with Gasteiger partial charge >= 0.3 is 0 Å². The van der Waals surface area contributed by atoms with Gasteiger partial charge in [0.1, 0.15) is 6.04 Å². The van der Waals surface area contributed by atoms with Gasteiger partial charge in [-0.05, 0) is 32.9 Å². The number of likely N-dealkylation sites (tertiary alicyclic amines) is 1. The van der Waals surface area contributed by atoms with E-state index in [0.717, 1.165) is 0 Å². The molecule has 0 aromatic carbocycles. The smallest absolute Gasteiger partial charge is 0.240 e. The Kier molecular flexibility index (Phi) is 8.95. The van der Waals surface area contributed by atoms with Gasteiger partial charge in [-0.3, -0.25) is 9.59 Å². The standard InChI is InChI=1S/C11H18N4O4.C4H9N/c1-7(16)10(11(19-3)14-12-2)13-8(17)6-15-5-4-9(15)18;1-2-4-5-3-1/h7,10,16H,2,4-6H2,1,3H3,(H,13,17);5H,1-4H2/b14-11-;. The van der Waals surface area contributed by atoms with E-state index in [1.165, 1.54) is 44.9 Å². The Labute approximate surface area is 142 Å². The molecular formula is C15H27N5O4. The van der Waals surface area contributed by atoms with Gasteiger partial charge in [0.15, 0.2) is 0 Å². The number of methoxy groups -OCH3 is 1. The lowest BCUT2D eigenvalue weighted by Crippen LogP contribution is -2.54. The number of carbonyl (C=O) groups is 2. The topological polar surface area (TPSA) is 116 Å². The van der Waals surface area contributed by atoms with E-state index in [2.05, 4.69) is 27.6 Å². The predicted octanol–water partition coefficient (Wildman–Crippen LogP) is -0.885. The fourth-order valence-electron chi connectivity index (χ4n) is 2.23. The minimum atomic E-state index is -0.920. The number of amides is 2. The van der Waals surface area contributed by atoms with E-state index < -0.39 is 18.1 Å². The summed E-state index contributed by atoms with van der Waals surface area (Å²) in [6, 6.07) is -0.834. The largest absolute Gasteiger partial charge is 0.481 e. The Morgan fingerprint density at radius 2 is 2.17 bits per heavy atom. The van der Waals surface area contributed by atoms with Gasteiger partial charge in [-0.25, -0.2) is 0 Å². The SMILES string of the molecule is C1CCNC1.C=N/N=C(\OC)C(NC(=O)CN1CCC1=O)C(C)O. The first-order valence-corrected chi connectivity index (χ1v) is 8.03. The van der Waals surface area contributed by atoms with E-state index >= 15 is 0 Å². The number of hydrogen-bond acceptors (Lipinski definition) is 7. The average molecular weight is 341 g/mol. The Hall–Kier alpha value is -2.00. The molecule has 0 saturated carbocycles. The molecule has 9 heteroatoms. The van der Waals surface area contributed by atoms with Gasteiger partial charge in [0.05, 0.1) is 19.8 Å². The lowest BCUT2D eigenvalue weighted by molar-refractivity contribution is -0.143. The van der Waals surface area contributed by atoms with Gasteiger partial charge in [0.25, 0.3) is 0 Å². The van der Waals surface area contributed by atoms with Gasteiger partial charge in [0.2, 0.25) is 17.7 Å². The number of ether oxygens (including phenoxy) is 1. The average Bonchev–Trinajstić information content (AvgIpc) is 3.14. The summed E-state index contributed by atoms with van der Waals surface area (Å²) in [7, 11) is 1.35. The summed E-state index contributed by atoms with van der Waals surface area (Å²) in [5.74, 6) is -0.404. The Morgan fingerprint density at radius 1 is 1.50 bits per heavy atom. The predicted molar refractivity (Wildman–Crippen MR) is 90.9 cm³/mol. The molecule has 2 saturated heterocycles. The van der Waals surface area contributed by atoms with E-state index in [4.69, 9.17) is 4.74 Å². The first kappa shape index (κ1) is 20.0. The molecule has 136 valence electrons. The van der Waals surface area contributed by atoms with Crippen LogP contribution in [0.5, 0.6) is 0 Å². The summed E-state index contributed by atoms with van der Waals surface area (Å²) in [6.07, 6.45) is 2.33. The van der Waals surface area contributed by atoms with Gasteiger partial charge in [0, 0.05) is 19.7 Å². The van der Waals surface area contributed by atoms with E-state index in [9.17, 15) is 14.7 Å². The highest BCUT2D eigenvalue weighted by molar-refractivity contribution is 5.91. The fraction of sp³-hybridized carbons (Fsp3) is 0.733. The molecular weight excluding hydrogens is 314 g/mol. The number of carbonyl (C=O) groups excluding carboxylic acids is 2. The van der Waals surface area contributed by atoms with E-state index in [0.29, 0.717) is 13.0 Å². The summed E-state index contributed by atoms with van der Waals surface area (Å²) >= 11 is 0. The molecule has 2 unspecified atom stereocenters. The molecule has 2 amide bonds. The lowest BCUT2D eigenvalue weighted by Gasteiger charge is -2.30. The number of rotatable bonds is 6. The van der Waals surface area contributed by atoms with Crippen molar-refractivity contribution < 1.29 is 19.4 Å². The van der Waals surface area contributed by atoms with Gasteiger partial charge < -0.3 is 25.4 Å². The fourth-order valence-corrected chi connectivity index (χ4v) is 2.23. The molecule has 2 rings (SSSR count). The highest BCUT2D eigenvalue weighted by Gasteiger charge is 2.29. The number of aliphatic hydroxyl groups excluding tert-OH is 1. The summed E-state index contributed by atoms with van der Waals surface area (Å²) < 4.78 is 4.94. The number of hydrogen-bond donors (Lipinski definition) is 3. The third-order valence-electron chi connectivity index (χ3n) is 3.68. The molecule has 2 atom stereocenters. The Morgan fingerprint density at radius 3 is 2.50 bits per heavy atom. The van der Waals surface area contributed by atoms with Crippen LogP contribution in [0.1, 0.15) is 26.2 Å². The number of nitrogens with zero attached hydrogens (tertiary/aromatic N) is 3. The molecule has 9 nitrogen and oxygen atoms in total. The number of β-lactam (4-membered cyclic amide) rings is 1. The minimum Gasteiger partial charge on any atom is -0.481 e. The van der Waals surface area contributed by atoms with Crippen molar-refractivity contribution in [3.8, 4) is 0 Å². The minimum absolute atomic E-state index is 0.0411. The first-order chi connectivity index (χ1) is 11.5. The highest BCUT2D eigenvalue weighted by Crippen LogP contribution is 2.07. The van der Waals surface area contributed by atoms with Gasteiger partial charge in [-0.1, -0.05) is 0 Å². The quantitative estimate of drug-likeness (QED) is 0.251. The van der Waals surface area contributed by atoms with Gasteiger partial charge in [-0.15, -0.1) is 5.10 Å². The Balaban J connectivity index is 0.000000488. The van der Waals surface area contributed by atoms with E-state index in [-0.39, 0.29) is 18.3 Å². The first-order valence-electron chi connectivity index (χ1n) is 8.03. The monoisotopic (exact) mass is 341 g/mol. The maximum atomic E-state index is 11.8. The maximum Gasteiger partial charge on any atom is 0.240 e. The summed E-state index contributed by atoms with van der Waals surface area (Å²) in [6.45, 7) is 7.70. The summed E-state index contributed by atoms with van der Waals surface area (Å²) in [5, 5.41) is 22.3. The molecule has 0 aromatic heterocycles. The zero-order chi connectivity index (χ0) is 17.9. The second kappa shape index (κ2) is 10.7. The van der Waals surface area contributed by atoms with Crippen LogP contribution in [0, 0.1) is 0 Å². The molecule has 0 radical (unpaired) electrons. The van der Waals surface area contributed by atoms with Gasteiger partial charge in [-0.2, -0.15) is 5.10 Å². The van der Waals surface area contributed by atoms with Crippen LogP contribution >= 0.6 is 0 Å². The van der Waals surface area contributed by atoms with Crippen molar-refractivity contribution in [2.45, 2.75) is 38.3 Å². The number of aliphatic hydroxyl groups is 1. The van der Waals surface area contributed by atoms with Crippen molar-refractivity contribution in [2.24, 2.45) is 10.2 Å². The van der Waals surface area contributed by atoms with Crippen molar-refractivity contribution in [1.82, 2.24) is 15.5 Å². The molecule has 0 aromatic rings. The van der Waals surface area contributed by atoms with Crippen LogP contribution in [-0.2, 0) is 14.3 Å². The molecule has 0 aliphatic carbocycles. The van der Waals surface area contributed by atoms with Crippen LogP contribution in [0.3, 0.4) is 0 Å².